The second-order valence-electron chi connectivity index (χ2n) is 7.85. The van der Waals surface area contributed by atoms with Crippen molar-refractivity contribution in [2.24, 2.45) is 0 Å². The van der Waals surface area contributed by atoms with Gasteiger partial charge in [0.15, 0.2) is 6.10 Å². The van der Waals surface area contributed by atoms with Crippen molar-refractivity contribution < 1.29 is 14.3 Å². The van der Waals surface area contributed by atoms with Crippen LogP contribution in [0.4, 0.5) is 5.69 Å². The summed E-state index contributed by atoms with van der Waals surface area (Å²) in [6.07, 6.45) is 2.74. The summed E-state index contributed by atoms with van der Waals surface area (Å²) in [5, 5.41) is 0. The van der Waals surface area contributed by atoms with Crippen molar-refractivity contribution >= 4 is 29.3 Å². The van der Waals surface area contributed by atoms with Crippen LogP contribution in [0.1, 0.15) is 24.5 Å². The van der Waals surface area contributed by atoms with Gasteiger partial charge in [-0.05, 0) is 61.6 Å². The van der Waals surface area contributed by atoms with Gasteiger partial charge in [-0.2, -0.15) is 0 Å². The maximum atomic E-state index is 12.7. The summed E-state index contributed by atoms with van der Waals surface area (Å²) >= 11 is 1.48. The van der Waals surface area contributed by atoms with Crippen LogP contribution in [-0.2, 0) is 27.2 Å². The number of esters is 1. The van der Waals surface area contributed by atoms with Crippen LogP contribution in [-0.4, -0.2) is 54.8 Å². The number of anilines is 1. The van der Waals surface area contributed by atoms with E-state index in [9.17, 15) is 9.59 Å². The van der Waals surface area contributed by atoms with E-state index in [1.807, 2.05) is 18.2 Å². The Labute approximate surface area is 182 Å². The van der Waals surface area contributed by atoms with Crippen LogP contribution in [0.25, 0.3) is 0 Å². The van der Waals surface area contributed by atoms with E-state index < -0.39 is 6.10 Å². The highest BCUT2D eigenvalue weighted by Gasteiger charge is 2.27. The monoisotopic (exact) mass is 424 g/mol. The van der Waals surface area contributed by atoms with Gasteiger partial charge < -0.3 is 14.5 Å². The highest BCUT2D eigenvalue weighted by atomic mass is 32.2. The molecule has 0 bridgehead atoms. The predicted octanol–water partition coefficient (Wildman–Crippen LogP) is 3.55. The van der Waals surface area contributed by atoms with Gasteiger partial charge in [0.25, 0.3) is 5.91 Å². The molecule has 0 radical (unpaired) electrons. The van der Waals surface area contributed by atoms with E-state index in [0.717, 1.165) is 30.8 Å². The molecule has 0 spiro atoms. The lowest BCUT2D eigenvalue weighted by molar-refractivity contribution is -0.157. The minimum absolute atomic E-state index is 0.112. The molecule has 0 aromatic heterocycles. The number of piperazine rings is 1. The summed E-state index contributed by atoms with van der Waals surface area (Å²) in [6.45, 7) is 4.51. The van der Waals surface area contributed by atoms with E-state index >= 15 is 0 Å². The molecule has 1 amide bonds. The first-order valence-electron chi connectivity index (χ1n) is 10.6. The Morgan fingerprint density at radius 2 is 1.73 bits per heavy atom. The molecular formula is C24H28N2O3S. The van der Waals surface area contributed by atoms with Gasteiger partial charge in [0, 0.05) is 36.8 Å². The summed E-state index contributed by atoms with van der Waals surface area (Å²) in [6, 6.07) is 16.6. The predicted molar refractivity (Wildman–Crippen MR) is 120 cm³/mol. The lowest BCUT2D eigenvalue weighted by Gasteiger charge is -2.37. The molecule has 0 saturated carbocycles. The minimum Gasteiger partial charge on any atom is -0.452 e. The van der Waals surface area contributed by atoms with Gasteiger partial charge in [0.2, 0.25) is 0 Å². The van der Waals surface area contributed by atoms with Crippen LogP contribution in [0.2, 0.25) is 0 Å². The van der Waals surface area contributed by atoms with Crippen molar-refractivity contribution in [3.05, 3.63) is 59.7 Å². The number of amides is 1. The zero-order valence-corrected chi connectivity index (χ0v) is 18.2. The smallest absolute Gasteiger partial charge is 0.317 e. The van der Waals surface area contributed by atoms with E-state index in [1.54, 1.807) is 11.8 Å². The molecule has 2 aromatic rings. The minimum atomic E-state index is -0.749. The SMILES string of the molecule is C[C@@H](OC(=O)CSc1ccc2c(c1)CCC2)C(=O)N1CCN(c2ccccc2)CC1. The second-order valence-corrected chi connectivity index (χ2v) is 8.90. The molecule has 30 heavy (non-hydrogen) atoms. The maximum absolute atomic E-state index is 12.7. The Balaban J connectivity index is 1.22. The number of ether oxygens (including phenoxy) is 1. The number of fused-ring (bicyclic) bond motifs is 1. The molecule has 0 N–H and O–H groups in total. The van der Waals surface area contributed by atoms with Crippen molar-refractivity contribution in [3.8, 4) is 0 Å². The number of hydrogen-bond acceptors (Lipinski definition) is 5. The number of carbonyl (C=O) groups excluding carboxylic acids is 2. The fourth-order valence-corrected chi connectivity index (χ4v) is 4.89. The molecule has 1 aliphatic heterocycles. The molecule has 1 aliphatic carbocycles. The van der Waals surface area contributed by atoms with Gasteiger partial charge >= 0.3 is 5.97 Å². The molecule has 2 aromatic carbocycles. The zero-order chi connectivity index (χ0) is 20.9. The van der Waals surface area contributed by atoms with Crippen molar-refractivity contribution in [2.75, 3.05) is 36.8 Å². The van der Waals surface area contributed by atoms with Crippen LogP contribution in [0, 0.1) is 0 Å². The molecule has 4 rings (SSSR count). The Hall–Kier alpha value is -2.47. The average molecular weight is 425 g/mol. The first-order chi connectivity index (χ1) is 14.6. The van der Waals surface area contributed by atoms with Gasteiger partial charge in [0.05, 0.1) is 5.75 Å². The van der Waals surface area contributed by atoms with Gasteiger partial charge in [-0.3, -0.25) is 9.59 Å². The molecular weight excluding hydrogens is 396 g/mol. The fraction of sp³-hybridized carbons (Fsp3) is 0.417. The van der Waals surface area contributed by atoms with Gasteiger partial charge in [-0.25, -0.2) is 0 Å². The van der Waals surface area contributed by atoms with Crippen molar-refractivity contribution in [2.45, 2.75) is 37.2 Å². The summed E-state index contributed by atoms with van der Waals surface area (Å²) in [7, 11) is 0. The Morgan fingerprint density at radius 1 is 1.00 bits per heavy atom. The summed E-state index contributed by atoms with van der Waals surface area (Å²) in [5.41, 5.74) is 3.99. The maximum Gasteiger partial charge on any atom is 0.317 e. The van der Waals surface area contributed by atoms with Gasteiger partial charge in [-0.1, -0.05) is 24.3 Å². The van der Waals surface area contributed by atoms with E-state index in [4.69, 9.17) is 4.74 Å². The molecule has 0 unspecified atom stereocenters. The Bertz CT molecular complexity index is 895. The molecule has 1 fully saturated rings. The average Bonchev–Trinajstić information content (AvgIpc) is 3.26. The number of benzene rings is 2. The normalized spacial score (nSPS) is 16.8. The van der Waals surface area contributed by atoms with Gasteiger partial charge in [-0.15, -0.1) is 11.8 Å². The van der Waals surface area contributed by atoms with Crippen LogP contribution in [0.15, 0.2) is 53.4 Å². The molecule has 158 valence electrons. The summed E-state index contributed by atoms with van der Waals surface area (Å²) < 4.78 is 5.43. The van der Waals surface area contributed by atoms with Crippen molar-refractivity contribution in [1.29, 1.82) is 0 Å². The molecule has 6 heteroatoms. The lowest BCUT2D eigenvalue weighted by Crippen LogP contribution is -2.51. The topological polar surface area (TPSA) is 49.9 Å². The van der Waals surface area contributed by atoms with Gasteiger partial charge in [0.1, 0.15) is 0 Å². The number of para-hydroxylation sites is 1. The number of rotatable bonds is 6. The number of carbonyl (C=O) groups is 2. The third-order valence-electron chi connectivity index (χ3n) is 5.80. The highest BCUT2D eigenvalue weighted by molar-refractivity contribution is 8.00. The van der Waals surface area contributed by atoms with Crippen LogP contribution in [0.5, 0.6) is 0 Å². The molecule has 1 atom stereocenters. The van der Waals surface area contributed by atoms with Crippen LogP contribution >= 0.6 is 11.8 Å². The molecule has 1 heterocycles. The molecule has 2 aliphatic rings. The third kappa shape index (κ3) is 4.98. The van der Waals surface area contributed by atoms with E-state index in [2.05, 4.69) is 35.2 Å². The zero-order valence-electron chi connectivity index (χ0n) is 17.4. The third-order valence-corrected chi connectivity index (χ3v) is 6.76. The lowest BCUT2D eigenvalue weighted by atomic mass is 10.1. The Kier molecular flexibility index (Phi) is 6.62. The Morgan fingerprint density at radius 3 is 2.50 bits per heavy atom. The van der Waals surface area contributed by atoms with Crippen molar-refractivity contribution in [1.82, 2.24) is 4.90 Å². The summed E-state index contributed by atoms with van der Waals surface area (Å²) in [4.78, 5) is 30.1. The summed E-state index contributed by atoms with van der Waals surface area (Å²) in [5.74, 6) is -0.235. The second kappa shape index (κ2) is 9.56. The number of aryl methyl sites for hydroxylation is 2. The van der Waals surface area contributed by atoms with E-state index in [-0.39, 0.29) is 17.6 Å². The molecule has 1 saturated heterocycles. The number of thioether (sulfide) groups is 1. The van der Waals surface area contributed by atoms with E-state index in [1.165, 1.54) is 35.0 Å². The number of nitrogens with zero attached hydrogens (tertiary/aromatic N) is 2. The first kappa shape index (κ1) is 20.8. The largest absolute Gasteiger partial charge is 0.452 e. The van der Waals surface area contributed by atoms with Crippen LogP contribution < -0.4 is 4.90 Å². The standard InChI is InChI=1S/C24H28N2O3S/c1-18(24(28)26-14-12-25(13-15-26)21-8-3-2-4-9-21)29-23(27)17-30-22-11-10-19-6-5-7-20(19)16-22/h2-4,8-11,16,18H,5-7,12-15,17H2,1H3/t18-/m1/s1. The first-order valence-corrected chi connectivity index (χ1v) is 11.6. The van der Waals surface area contributed by atoms with Crippen molar-refractivity contribution in [3.63, 3.8) is 0 Å². The highest BCUT2D eigenvalue weighted by Crippen LogP contribution is 2.27. The van der Waals surface area contributed by atoms with E-state index in [0.29, 0.717) is 13.1 Å². The fourth-order valence-electron chi connectivity index (χ4n) is 4.14. The quantitative estimate of drug-likeness (QED) is 0.524. The molecule has 5 nitrogen and oxygen atoms in total. The number of hydrogen-bond donors (Lipinski definition) is 0. The van der Waals surface area contributed by atoms with Crippen LogP contribution in [0.3, 0.4) is 0 Å².